The van der Waals surface area contributed by atoms with Gasteiger partial charge in [-0.05, 0) is 49.8 Å². The van der Waals surface area contributed by atoms with Gasteiger partial charge in [-0.15, -0.1) is 11.6 Å². The van der Waals surface area contributed by atoms with Gasteiger partial charge in [-0.25, -0.2) is 0 Å². The molecule has 6 heteroatoms. The maximum absolute atomic E-state index is 13.4. The second kappa shape index (κ2) is 12.3. The van der Waals surface area contributed by atoms with Crippen LogP contribution < -0.4 is 10.1 Å². The maximum atomic E-state index is 13.4. The smallest absolute Gasteiger partial charge is 0.247 e. The molecule has 1 N–H and O–H groups in total. The van der Waals surface area contributed by atoms with E-state index < -0.39 is 6.04 Å². The van der Waals surface area contributed by atoms with Crippen LogP contribution in [0, 0.1) is 0 Å². The second-order valence-electron chi connectivity index (χ2n) is 8.89. The fourth-order valence-electron chi connectivity index (χ4n) is 4.41. The number of benzene rings is 1. The first kappa shape index (κ1) is 23.9. The molecule has 3 rings (SSSR count). The van der Waals surface area contributed by atoms with Crippen molar-refractivity contribution in [3.8, 4) is 5.75 Å². The van der Waals surface area contributed by atoms with Crippen molar-refractivity contribution in [1.29, 1.82) is 0 Å². The summed E-state index contributed by atoms with van der Waals surface area (Å²) in [6, 6.07) is 7.31. The van der Waals surface area contributed by atoms with Crippen molar-refractivity contribution in [2.75, 3.05) is 12.5 Å². The highest BCUT2D eigenvalue weighted by molar-refractivity contribution is 6.27. The van der Waals surface area contributed by atoms with Crippen molar-refractivity contribution < 1.29 is 14.3 Å². The zero-order chi connectivity index (χ0) is 22.1. The molecule has 0 heterocycles. The van der Waals surface area contributed by atoms with Crippen LogP contribution in [0.25, 0.3) is 0 Å². The lowest BCUT2D eigenvalue weighted by molar-refractivity contribution is -0.140. The number of hydrogen-bond acceptors (Lipinski definition) is 3. The molecular formula is C25H37ClN2O3. The van der Waals surface area contributed by atoms with Crippen molar-refractivity contribution in [1.82, 2.24) is 10.2 Å². The van der Waals surface area contributed by atoms with Gasteiger partial charge in [-0.1, -0.05) is 57.6 Å². The van der Waals surface area contributed by atoms with Gasteiger partial charge in [0.1, 0.15) is 17.7 Å². The predicted molar refractivity (Wildman–Crippen MR) is 124 cm³/mol. The average Bonchev–Trinajstić information content (AvgIpc) is 3.63. The molecule has 0 radical (unpaired) electrons. The summed E-state index contributed by atoms with van der Waals surface area (Å²) in [7, 11) is 0. The minimum Gasteiger partial charge on any atom is -0.494 e. The normalized spacial score (nSPS) is 17.7. The van der Waals surface area contributed by atoms with Gasteiger partial charge < -0.3 is 15.0 Å². The van der Waals surface area contributed by atoms with E-state index in [1.54, 1.807) is 4.90 Å². The van der Waals surface area contributed by atoms with Crippen LogP contribution >= 0.6 is 11.6 Å². The molecule has 0 bridgehead atoms. The third-order valence-corrected chi connectivity index (χ3v) is 6.51. The molecule has 0 unspecified atom stereocenters. The molecule has 0 aliphatic heterocycles. The fraction of sp³-hybridized carbons (Fsp3) is 0.680. The standard InChI is InChI=1S/C25H37ClN2O3/c1-2-3-4-8-17-31-22-15-11-19(12-16-22)24(28(21-13-14-21)23(29)18-26)25(30)27-20-9-6-5-7-10-20/h11-12,15-16,20-21,24H,2-10,13-14,17-18H2,1H3,(H,27,30)/t24-/m1/s1. The van der Waals surface area contributed by atoms with Crippen LogP contribution in [0.3, 0.4) is 0 Å². The summed E-state index contributed by atoms with van der Waals surface area (Å²) in [5.41, 5.74) is 0.817. The first-order valence-corrected chi connectivity index (χ1v) is 12.6. The molecule has 1 atom stereocenters. The number of amides is 2. The van der Waals surface area contributed by atoms with E-state index in [9.17, 15) is 9.59 Å². The van der Waals surface area contributed by atoms with Crippen molar-refractivity contribution in [3.63, 3.8) is 0 Å². The Morgan fingerprint density at radius 1 is 1.06 bits per heavy atom. The highest BCUT2D eigenvalue weighted by atomic mass is 35.5. The number of alkyl halides is 1. The van der Waals surface area contributed by atoms with Gasteiger partial charge >= 0.3 is 0 Å². The zero-order valence-electron chi connectivity index (χ0n) is 18.8. The molecule has 0 aromatic heterocycles. The van der Waals surface area contributed by atoms with Crippen LogP contribution in [0.2, 0.25) is 0 Å². The summed E-state index contributed by atoms with van der Waals surface area (Å²) in [6.07, 6.45) is 12.0. The fourth-order valence-corrected chi connectivity index (χ4v) is 4.55. The molecule has 31 heavy (non-hydrogen) atoms. The highest BCUT2D eigenvalue weighted by Crippen LogP contribution is 2.36. The van der Waals surface area contributed by atoms with Crippen molar-refractivity contribution in [2.45, 2.75) is 95.7 Å². The lowest BCUT2D eigenvalue weighted by atomic mass is 9.94. The molecule has 0 spiro atoms. The Morgan fingerprint density at radius 3 is 2.39 bits per heavy atom. The molecule has 172 valence electrons. The predicted octanol–water partition coefficient (Wildman–Crippen LogP) is 5.37. The van der Waals surface area contributed by atoms with E-state index in [-0.39, 0.29) is 29.8 Å². The number of carbonyl (C=O) groups excluding carboxylic acids is 2. The first-order chi connectivity index (χ1) is 15.1. The molecule has 5 nitrogen and oxygen atoms in total. The quantitative estimate of drug-likeness (QED) is 0.345. The molecular weight excluding hydrogens is 412 g/mol. The van der Waals surface area contributed by atoms with Crippen molar-refractivity contribution in [3.05, 3.63) is 29.8 Å². The second-order valence-corrected chi connectivity index (χ2v) is 9.16. The van der Waals surface area contributed by atoms with Gasteiger partial charge in [0.05, 0.1) is 6.61 Å². The Hall–Kier alpha value is -1.75. The monoisotopic (exact) mass is 448 g/mol. The summed E-state index contributed by atoms with van der Waals surface area (Å²) in [6.45, 7) is 2.89. The van der Waals surface area contributed by atoms with Gasteiger partial charge in [-0.3, -0.25) is 9.59 Å². The SMILES string of the molecule is CCCCCCOc1ccc([C@H](C(=O)NC2CCCCC2)N(C(=O)CCl)C2CC2)cc1. The van der Waals surface area contributed by atoms with Crippen LogP contribution in [-0.2, 0) is 9.59 Å². The van der Waals surface area contributed by atoms with Gasteiger partial charge in [0, 0.05) is 12.1 Å². The van der Waals surface area contributed by atoms with Gasteiger partial charge in [0.25, 0.3) is 0 Å². The number of unbranched alkanes of at least 4 members (excludes halogenated alkanes) is 3. The largest absolute Gasteiger partial charge is 0.494 e. The summed E-state index contributed by atoms with van der Waals surface area (Å²) in [5.74, 6) is 0.422. The first-order valence-electron chi connectivity index (χ1n) is 12.0. The average molecular weight is 449 g/mol. The molecule has 1 aromatic rings. The van der Waals surface area contributed by atoms with Gasteiger partial charge in [-0.2, -0.15) is 0 Å². The Labute approximate surface area is 191 Å². The van der Waals surface area contributed by atoms with Gasteiger partial charge in [0.15, 0.2) is 0 Å². The summed E-state index contributed by atoms with van der Waals surface area (Å²) in [4.78, 5) is 27.8. The molecule has 0 saturated heterocycles. The molecule has 2 fully saturated rings. The van der Waals surface area contributed by atoms with E-state index in [2.05, 4.69) is 12.2 Å². The Bertz CT molecular complexity index is 699. The van der Waals surface area contributed by atoms with Crippen LogP contribution in [-0.4, -0.2) is 41.3 Å². The highest BCUT2D eigenvalue weighted by Gasteiger charge is 2.41. The Balaban J connectivity index is 1.72. The number of ether oxygens (including phenoxy) is 1. The lowest BCUT2D eigenvalue weighted by Gasteiger charge is -2.33. The number of halogens is 1. The number of nitrogens with zero attached hydrogens (tertiary/aromatic N) is 1. The summed E-state index contributed by atoms with van der Waals surface area (Å²) >= 11 is 5.92. The number of nitrogens with one attached hydrogen (secondary N) is 1. The van der Waals surface area contributed by atoms with Crippen molar-refractivity contribution >= 4 is 23.4 Å². The van der Waals surface area contributed by atoms with Crippen molar-refractivity contribution in [2.24, 2.45) is 0 Å². The minimum absolute atomic E-state index is 0.0921. The number of hydrogen-bond donors (Lipinski definition) is 1. The Morgan fingerprint density at radius 2 is 1.77 bits per heavy atom. The molecule has 2 aliphatic rings. The summed E-state index contributed by atoms with van der Waals surface area (Å²) < 4.78 is 5.86. The zero-order valence-corrected chi connectivity index (χ0v) is 19.5. The third kappa shape index (κ3) is 7.13. The number of carbonyl (C=O) groups is 2. The van der Waals surface area contributed by atoms with E-state index in [0.717, 1.165) is 56.3 Å². The van der Waals surface area contributed by atoms with Gasteiger partial charge in [0.2, 0.25) is 11.8 Å². The lowest BCUT2D eigenvalue weighted by Crippen LogP contribution is -2.48. The molecule has 2 aliphatic carbocycles. The minimum atomic E-state index is -0.640. The van der Waals surface area contributed by atoms with E-state index >= 15 is 0 Å². The topological polar surface area (TPSA) is 58.6 Å². The van der Waals surface area contributed by atoms with E-state index in [0.29, 0.717) is 6.61 Å². The van der Waals surface area contributed by atoms with Crippen LogP contribution in [0.1, 0.15) is 89.2 Å². The van der Waals surface area contributed by atoms with Crippen LogP contribution in [0.15, 0.2) is 24.3 Å². The Kier molecular flexibility index (Phi) is 9.51. The molecule has 2 saturated carbocycles. The van der Waals surface area contributed by atoms with E-state index in [4.69, 9.17) is 16.3 Å². The van der Waals surface area contributed by atoms with Crippen LogP contribution in [0.4, 0.5) is 0 Å². The number of rotatable bonds is 12. The van der Waals surface area contributed by atoms with Crippen LogP contribution in [0.5, 0.6) is 5.75 Å². The molecule has 2 amide bonds. The van der Waals surface area contributed by atoms with E-state index in [1.165, 1.54) is 25.7 Å². The maximum Gasteiger partial charge on any atom is 0.247 e. The van der Waals surface area contributed by atoms with E-state index in [1.807, 2.05) is 24.3 Å². The third-order valence-electron chi connectivity index (χ3n) is 6.28. The molecule has 1 aromatic carbocycles. The summed E-state index contributed by atoms with van der Waals surface area (Å²) in [5, 5.41) is 3.22.